The first-order valence-electron chi connectivity index (χ1n) is 6.17. The number of hydrogen-bond donors (Lipinski definition) is 1. The molecule has 0 aromatic heterocycles. The van der Waals surface area contributed by atoms with Gasteiger partial charge in [0.15, 0.2) is 0 Å². The molecule has 3 nitrogen and oxygen atoms in total. The number of nitrogens with one attached hydrogen (secondary N) is 1. The minimum Gasteiger partial charge on any atom is -0.382 e. The standard InChI is InChI=1S/C12H25NO2/c1-11(10-14-2)15-9-5-3-4-8-13-12-6-7-12/h11-13H,3-10H2,1-2H3. The minimum absolute atomic E-state index is 0.236. The highest BCUT2D eigenvalue weighted by atomic mass is 16.5. The van der Waals surface area contributed by atoms with Gasteiger partial charge in [-0.1, -0.05) is 0 Å². The van der Waals surface area contributed by atoms with E-state index in [4.69, 9.17) is 9.47 Å². The summed E-state index contributed by atoms with van der Waals surface area (Å²) in [4.78, 5) is 0. The van der Waals surface area contributed by atoms with Crippen LogP contribution in [0.15, 0.2) is 0 Å². The molecule has 1 saturated carbocycles. The maximum absolute atomic E-state index is 5.58. The summed E-state index contributed by atoms with van der Waals surface area (Å²) in [6.45, 7) is 4.80. The van der Waals surface area contributed by atoms with Crippen LogP contribution in [-0.4, -0.2) is 39.0 Å². The lowest BCUT2D eigenvalue weighted by Gasteiger charge is -2.11. The second kappa shape index (κ2) is 8.08. The molecule has 1 aliphatic rings. The Balaban J connectivity index is 1.72. The van der Waals surface area contributed by atoms with E-state index in [1.54, 1.807) is 7.11 Å². The molecule has 3 heteroatoms. The number of methoxy groups -OCH3 is 1. The van der Waals surface area contributed by atoms with Crippen LogP contribution in [0.1, 0.15) is 39.0 Å². The maximum Gasteiger partial charge on any atom is 0.0780 e. The highest BCUT2D eigenvalue weighted by Gasteiger charge is 2.19. The summed E-state index contributed by atoms with van der Waals surface area (Å²) in [6.07, 6.45) is 6.72. The molecule has 0 amide bonds. The SMILES string of the molecule is COCC(C)OCCCCCNC1CC1. The summed E-state index contributed by atoms with van der Waals surface area (Å²) in [7, 11) is 1.71. The van der Waals surface area contributed by atoms with Crippen LogP contribution in [0.3, 0.4) is 0 Å². The normalized spacial score (nSPS) is 18.0. The summed E-state index contributed by atoms with van der Waals surface area (Å²) in [5.74, 6) is 0. The van der Waals surface area contributed by atoms with Crippen LogP contribution < -0.4 is 5.32 Å². The monoisotopic (exact) mass is 215 g/mol. The van der Waals surface area contributed by atoms with Crippen LogP contribution in [-0.2, 0) is 9.47 Å². The second-order valence-electron chi connectivity index (χ2n) is 4.43. The molecule has 0 heterocycles. The largest absolute Gasteiger partial charge is 0.382 e. The third-order valence-corrected chi connectivity index (χ3v) is 2.64. The van der Waals surface area contributed by atoms with Crippen molar-refractivity contribution in [2.24, 2.45) is 0 Å². The van der Waals surface area contributed by atoms with Crippen molar-refractivity contribution in [2.45, 2.75) is 51.2 Å². The molecule has 90 valence electrons. The average Bonchev–Trinajstić information content (AvgIpc) is 3.00. The van der Waals surface area contributed by atoms with E-state index in [0.717, 1.165) is 12.6 Å². The van der Waals surface area contributed by atoms with Gasteiger partial charge < -0.3 is 14.8 Å². The summed E-state index contributed by atoms with van der Waals surface area (Å²) >= 11 is 0. The van der Waals surface area contributed by atoms with Gasteiger partial charge in [-0.25, -0.2) is 0 Å². The molecule has 1 aliphatic carbocycles. The fourth-order valence-electron chi connectivity index (χ4n) is 1.56. The minimum atomic E-state index is 0.236. The first-order valence-corrected chi connectivity index (χ1v) is 6.17. The number of hydrogen-bond acceptors (Lipinski definition) is 3. The molecule has 1 N–H and O–H groups in total. The Hall–Kier alpha value is -0.120. The third-order valence-electron chi connectivity index (χ3n) is 2.64. The lowest BCUT2D eigenvalue weighted by atomic mass is 10.2. The Kier molecular flexibility index (Phi) is 6.98. The predicted octanol–water partition coefficient (Wildman–Crippen LogP) is 1.96. The van der Waals surface area contributed by atoms with E-state index in [1.807, 2.05) is 0 Å². The van der Waals surface area contributed by atoms with Crippen LogP contribution in [0.4, 0.5) is 0 Å². The Morgan fingerprint density at radius 2 is 2.07 bits per heavy atom. The number of rotatable bonds is 10. The molecule has 0 saturated heterocycles. The first kappa shape index (κ1) is 12.9. The van der Waals surface area contributed by atoms with Crippen molar-refractivity contribution >= 4 is 0 Å². The van der Waals surface area contributed by atoms with Gasteiger partial charge in [-0.05, 0) is 45.6 Å². The average molecular weight is 215 g/mol. The molecule has 1 unspecified atom stereocenters. The third kappa shape index (κ3) is 7.77. The van der Waals surface area contributed by atoms with Gasteiger partial charge in [-0.2, -0.15) is 0 Å². The van der Waals surface area contributed by atoms with Crippen LogP contribution in [0.5, 0.6) is 0 Å². The highest BCUT2D eigenvalue weighted by molar-refractivity contribution is 4.80. The van der Waals surface area contributed by atoms with Gasteiger partial charge in [-0.15, -0.1) is 0 Å². The smallest absolute Gasteiger partial charge is 0.0780 e. The number of ether oxygens (including phenoxy) is 2. The van der Waals surface area contributed by atoms with E-state index in [0.29, 0.717) is 6.61 Å². The Labute approximate surface area is 93.5 Å². The molecule has 0 aromatic carbocycles. The van der Waals surface area contributed by atoms with Crippen molar-refractivity contribution in [1.82, 2.24) is 5.32 Å². The van der Waals surface area contributed by atoms with Gasteiger partial charge in [0.2, 0.25) is 0 Å². The zero-order valence-electron chi connectivity index (χ0n) is 10.1. The summed E-state index contributed by atoms with van der Waals surface area (Å²) in [6, 6.07) is 0.850. The quantitative estimate of drug-likeness (QED) is 0.565. The summed E-state index contributed by atoms with van der Waals surface area (Å²) < 4.78 is 10.6. The Bertz CT molecular complexity index is 149. The molecule has 1 fully saturated rings. The van der Waals surface area contributed by atoms with Gasteiger partial charge in [0.25, 0.3) is 0 Å². The summed E-state index contributed by atoms with van der Waals surface area (Å²) in [5.41, 5.74) is 0. The molecular weight excluding hydrogens is 190 g/mol. The van der Waals surface area contributed by atoms with Gasteiger partial charge in [0.1, 0.15) is 0 Å². The van der Waals surface area contributed by atoms with Crippen LogP contribution >= 0.6 is 0 Å². The van der Waals surface area contributed by atoms with Crippen molar-refractivity contribution in [1.29, 1.82) is 0 Å². The molecule has 1 rings (SSSR count). The maximum atomic E-state index is 5.58. The molecule has 1 atom stereocenters. The lowest BCUT2D eigenvalue weighted by molar-refractivity contribution is 0.00768. The fraction of sp³-hybridized carbons (Fsp3) is 1.00. The van der Waals surface area contributed by atoms with Crippen molar-refractivity contribution in [3.05, 3.63) is 0 Å². The van der Waals surface area contributed by atoms with Gasteiger partial charge in [0, 0.05) is 19.8 Å². The second-order valence-corrected chi connectivity index (χ2v) is 4.43. The highest BCUT2D eigenvalue weighted by Crippen LogP contribution is 2.18. The van der Waals surface area contributed by atoms with E-state index in [9.17, 15) is 0 Å². The zero-order valence-corrected chi connectivity index (χ0v) is 10.1. The van der Waals surface area contributed by atoms with Crippen molar-refractivity contribution in [2.75, 3.05) is 26.9 Å². The van der Waals surface area contributed by atoms with E-state index in [1.165, 1.54) is 38.6 Å². The topological polar surface area (TPSA) is 30.5 Å². The zero-order chi connectivity index (χ0) is 10.9. The van der Waals surface area contributed by atoms with Crippen molar-refractivity contribution in [3.8, 4) is 0 Å². The van der Waals surface area contributed by atoms with E-state index in [2.05, 4.69) is 12.2 Å². The number of unbranched alkanes of at least 4 members (excludes halogenated alkanes) is 2. The predicted molar refractivity (Wildman–Crippen MR) is 62.2 cm³/mol. The first-order chi connectivity index (χ1) is 7.33. The Morgan fingerprint density at radius 1 is 1.27 bits per heavy atom. The molecule has 0 bridgehead atoms. The van der Waals surface area contributed by atoms with Gasteiger partial charge in [-0.3, -0.25) is 0 Å². The van der Waals surface area contributed by atoms with E-state index in [-0.39, 0.29) is 6.10 Å². The molecule has 0 spiro atoms. The van der Waals surface area contributed by atoms with Crippen LogP contribution in [0.25, 0.3) is 0 Å². The van der Waals surface area contributed by atoms with Crippen molar-refractivity contribution in [3.63, 3.8) is 0 Å². The molecule has 15 heavy (non-hydrogen) atoms. The lowest BCUT2D eigenvalue weighted by Crippen LogP contribution is -2.18. The fourth-order valence-corrected chi connectivity index (χ4v) is 1.56. The molecule has 0 aliphatic heterocycles. The van der Waals surface area contributed by atoms with Gasteiger partial charge >= 0.3 is 0 Å². The van der Waals surface area contributed by atoms with E-state index < -0.39 is 0 Å². The Morgan fingerprint density at radius 3 is 2.73 bits per heavy atom. The van der Waals surface area contributed by atoms with Crippen LogP contribution in [0.2, 0.25) is 0 Å². The molecular formula is C12H25NO2. The van der Waals surface area contributed by atoms with Crippen molar-refractivity contribution < 1.29 is 9.47 Å². The van der Waals surface area contributed by atoms with Crippen LogP contribution in [0, 0.1) is 0 Å². The van der Waals surface area contributed by atoms with E-state index >= 15 is 0 Å². The molecule has 0 radical (unpaired) electrons. The molecule has 0 aromatic rings. The summed E-state index contributed by atoms with van der Waals surface area (Å²) in [5, 5.41) is 3.52. The van der Waals surface area contributed by atoms with Gasteiger partial charge in [0.05, 0.1) is 12.7 Å².